The fraction of sp³-hybridized carbons (Fsp3) is 0.333. The Hall–Kier alpha value is -1.16. The molecule has 1 saturated carbocycles. The van der Waals surface area contributed by atoms with E-state index in [9.17, 15) is 0 Å². The van der Waals surface area contributed by atoms with Crippen LogP contribution in [0.1, 0.15) is 18.7 Å². The van der Waals surface area contributed by atoms with Gasteiger partial charge in [0.2, 0.25) is 0 Å². The van der Waals surface area contributed by atoms with Gasteiger partial charge in [0.15, 0.2) is 5.82 Å². The van der Waals surface area contributed by atoms with Crippen LogP contribution in [0.5, 0.6) is 0 Å². The van der Waals surface area contributed by atoms with Gasteiger partial charge in [0.25, 0.3) is 0 Å². The van der Waals surface area contributed by atoms with Crippen molar-refractivity contribution in [2.24, 2.45) is 5.92 Å². The summed E-state index contributed by atoms with van der Waals surface area (Å²) < 4.78 is 1.05. The maximum Gasteiger partial charge on any atom is 0.181 e. The molecule has 1 fully saturated rings. The third kappa shape index (κ3) is 2.16. The van der Waals surface area contributed by atoms with E-state index >= 15 is 0 Å². The molecule has 82 valence electrons. The summed E-state index contributed by atoms with van der Waals surface area (Å²) >= 11 is 3.45. The molecule has 0 atom stereocenters. The van der Waals surface area contributed by atoms with Gasteiger partial charge < -0.3 is 0 Å². The molecule has 1 aliphatic carbocycles. The van der Waals surface area contributed by atoms with E-state index in [0.29, 0.717) is 0 Å². The summed E-state index contributed by atoms with van der Waals surface area (Å²) in [7, 11) is 0. The first-order valence-corrected chi connectivity index (χ1v) is 6.28. The number of aromatic nitrogens is 3. The van der Waals surface area contributed by atoms with Gasteiger partial charge in [-0.3, -0.25) is 5.10 Å². The van der Waals surface area contributed by atoms with Crippen molar-refractivity contribution >= 4 is 15.9 Å². The number of nitrogens with zero attached hydrogens (tertiary/aromatic N) is 2. The fourth-order valence-electron chi connectivity index (χ4n) is 1.74. The number of halogens is 1. The van der Waals surface area contributed by atoms with Crippen molar-refractivity contribution in [1.82, 2.24) is 15.2 Å². The maximum atomic E-state index is 4.51. The van der Waals surface area contributed by atoms with Crippen molar-refractivity contribution in [3.05, 3.63) is 34.6 Å². The first kappa shape index (κ1) is 10.0. The summed E-state index contributed by atoms with van der Waals surface area (Å²) in [4.78, 5) is 4.51. The predicted octanol–water partition coefficient (Wildman–Crippen LogP) is 3.19. The fourth-order valence-corrected chi connectivity index (χ4v) is 2.14. The molecule has 0 bridgehead atoms. The molecule has 1 N–H and O–H groups in total. The Kier molecular flexibility index (Phi) is 2.52. The topological polar surface area (TPSA) is 41.6 Å². The van der Waals surface area contributed by atoms with E-state index in [0.717, 1.165) is 34.0 Å². The second-order valence-electron chi connectivity index (χ2n) is 4.26. The van der Waals surface area contributed by atoms with Crippen LogP contribution in [-0.4, -0.2) is 15.2 Å². The van der Waals surface area contributed by atoms with E-state index in [1.165, 1.54) is 12.8 Å². The monoisotopic (exact) mass is 277 g/mol. The largest absolute Gasteiger partial charge is 0.263 e. The predicted molar refractivity (Wildman–Crippen MR) is 65.9 cm³/mol. The number of nitrogens with one attached hydrogen (secondary N) is 1. The van der Waals surface area contributed by atoms with Crippen LogP contribution in [0.4, 0.5) is 0 Å². The van der Waals surface area contributed by atoms with Gasteiger partial charge in [0, 0.05) is 16.5 Å². The highest BCUT2D eigenvalue weighted by molar-refractivity contribution is 9.10. The first-order chi connectivity index (χ1) is 7.81. The van der Waals surface area contributed by atoms with Crippen molar-refractivity contribution in [2.75, 3.05) is 0 Å². The molecule has 16 heavy (non-hydrogen) atoms. The van der Waals surface area contributed by atoms with E-state index in [1.54, 1.807) is 0 Å². The van der Waals surface area contributed by atoms with Gasteiger partial charge in [-0.1, -0.05) is 28.1 Å². The average molecular weight is 278 g/mol. The smallest absolute Gasteiger partial charge is 0.181 e. The molecule has 2 aromatic rings. The molecule has 1 aromatic heterocycles. The van der Waals surface area contributed by atoms with Gasteiger partial charge in [-0.25, -0.2) is 4.98 Å². The lowest BCUT2D eigenvalue weighted by atomic mass is 10.2. The number of aromatic amines is 1. The molecule has 0 aliphatic heterocycles. The van der Waals surface area contributed by atoms with Crippen LogP contribution in [0.2, 0.25) is 0 Å². The third-order valence-corrected chi connectivity index (χ3v) is 3.29. The quantitative estimate of drug-likeness (QED) is 0.936. The van der Waals surface area contributed by atoms with Crippen molar-refractivity contribution in [3.63, 3.8) is 0 Å². The molecule has 1 aromatic carbocycles. The average Bonchev–Trinajstić information content (AvgIpc) is 2.94. The molecule has 0 unspecified atom stereocenters. The summed E-state index contributed by atoms with van der Waals surface area (Å²) in [5.41, 5.74) is 1.05. The Morgan fingerprint density at radius 2 is 2.25 bits per heavy atom. The molecule has 1 aliphatic rings. The number of rotatable bonds is 3. The summed E-state index contributed by atoms with van der Waals surface area (Å²) in [5.74, 6) is 2.64. The van der Waals surface area contributed by atoms with Crippen molar-refractivity contribution < 1.29 is 0 Å². The molecule has 4 heteroatoms. The Morgan fingerprint density at radius 3 is 3.00 bits per heavy atom. The molecule has 0 spiro atoms. The van der Waals surface area contributed by atoms with Gasteiger partial charge in [0.05, 0.1) is 0 Å². The lowest BCUT2D eigenvalue weighted by molar-refractivity contribution is 0.774. The van der Waals surface area contributed by atoms with E-state index in [-0.39, 0.29) is 0 Å². The minimum Gasteiger partial charge on any atom is -0.263 e. The van der Waals surface area contributed by atoms with Crippen LogP contribution in [0.3, 0.4) is 0 Å². The zero-order chi connectivity index (χ0) is 11.0. The highest BCUT2D eigenvalue weighted by atomic mass is 79.9. The number of benzene rings is 1. The number of hydrogen-bond donors (Lipinski definition) is 1. The standard InChI is InChI=1S/C12H12BrN3/c13-10-3-1-2-9(7-10)12-14-11(15-16-12)6-8-4-5-8/h1-3,7-8H,4-6H2,(H,14,15,16). The SMILES string of the molecule is Brc1cccc(-c2n[nH]c(CC3CC3)n2)c1. The second-order valence-corrected chi connectivity index (χ2v) is 5.18. The van der Waals surface area contributed by atoms with Crippen molar-refractivity contribution in [1.29, 1.82) is 0 Å². The van der Waals surface area contributed by atoms with Crippen LogP contribution in [0.15, 0.2) is 28.7 Å². The second kappa shape index (κ2) is 4.01. The van der Waals surface area contributed by atoms with Gasteiger partial charge in [-0.15, -0.1) is 0 Å². The Bertz CT molecular complexity index is 502. The van der Waals surface area contributed by atoms with Gasteiger partial charge >= 0.3 is 0 Å². The van der Waals surface area contributed by atoms with Gasteiger partial charge in [0.1, 0.15) is 5.82 Å². The van der Waals surface area contributed by atoms with Crippen LogP contribution in [0, 0.1) is 5.92 Å². The van der Waals surface area contributed by atoms with Crippen LogP contribution in [-0.2, 0) is 6.42 Å². The molecule has 0 saturated heterocycles. The minimum absolute atomic E-state index is 0.789. The molecule has 3 rings (SSSR count). The first-order valence-electron chi connectivity index (χ1n) is 5.48. The van der Waals surface area contributed by atoms with Crippen LogP contribution in [0.25, 0.3) is 11.4 Å². The molecular weight excluding hydrogens is 266 g/mol. The molecular formula is C12H12BrN3. The molecule has 3 nitrogen and oxygen atoms in total. The highest BCUT2D eigenvalue weighted by Gasteiger charge is 2.23. The summed E-state index contributed by atoms with van der Waals surface area (Å²) in [6.45, 7) is 0. The highest BCUT2D eigenvalue weighted by Crippen LogP contribution is 2.32. The van der Waals surface area contributed by atoms with Crippen molar-refractivity contribution in [2.45, 2.75) is 19.3 Å². The number of H-pyrrole nitrogens is 1. The Balaban J connectivity index is 1.85. The molecule has 0 amide bonds. The van der Waals surface area contributed by atoms with E-state index in [1.807, 2.05) is 24.3 Å². The zero-order valence-electron chi connectivity index (χ0n) is 8.78. The van der Waals surface area contributed by atoms with E-state index in [2.05, 4.69) is 31.1 Å². The molecule has 1 heterocycles. The normalized spacial score (nSPS) is 15.3. The van der Waals surface area contributed by atoms with Gasteiger partial charge in [-0.2, -0.15) is 5.10 Å². The number of hydrogen-bond acceptors (Lipinski definition) is 2. The zero-order valence-corrected chi connectivity index (χ0v) is 10.4. The van der Waals surface area contributed by atoms with Crippen LogP contribution < -0.4 is 0 Å². The lowest BCUT2D eigenvalue weighted by Crippen LogP contribution is -1.89. The van der Waals surface area contributed by atoms with E-state index < -0.39 is 0 Å². The maximum absolute atomic E-state index is 4.51. The van der Waals surface area contributed by atoms with Crippen molar-refractivity contribution in [3.8, 4) is 11.4 Å². The summed E-state index contributed by atoms with van der Waals surface area (Å²) in [6, 6.07) is 8.05. The minimum atomic E-state index is 0.789. The van der Waals surface area contributed by atoms with E-state index in [4.69, 9.17) is 0 Å². The lowest BCUT2D eigenvalue weighted by Gasteiger charge is -1.95. The molecule has 0 radical (unpaired) electrons. The third-order valence-electron chi connectivity index (χ3n) is 2.79. The summed E-state index contributed by atoms with van der Waals surface area (Å²) in [6.07, 6.45) is 3.72. The van der Waals surface area contributed by atoms with Gasteiger partial charge in [-0.05, 0) is 30.9 Å². The Morgan fingerprint density at radius 1 is 1.38 bits per heavy atom. The van der Waals surface area contributed by atoms with Crippen LogP contribution >= 0.6 is 15.9 Å². The summed E-state index contributed by atoms with van der Waals surface area (Å²) in [5, 5.41) is 7.27. The Labute approximate surface area is 102 Å².